The van der Waals surface area contributed by atoms with E-state index in [1.54, 1.807) is 11.1 Å². The van der Waals surface area contributed by atoms with Gasteiger partial charge in [0.1, 0.15) is 0 Å². The van der Waals surface area contributed by atoms with E-state index in [0.717, 1.165) is 11.8 Å². The van der Waals surface area contributed by atoms with Gasteiger partial charge in [0.15, 0.2) is 0 Å². The van der Waals surface area contributed by atoms with E-state index in [1.165, 1.54) is 75.3 Å². The largest absolute Gasteiger partial charge is 0.0804 e. The maximum atomic E-state index is 2.52. The molecule has 2 unspecified atom stereocenters. The topological polar surface area (TPSA) is 0 Å². The van der Waals surface area contributed by atoms with Crippen molar-refractivity contribution in [2.75, 3.05) is 0 Å². The molecule has 0 heteroatoms. The van der Waals surface area contributed by atoms with Gasteiger partial charge in [0.2, 0.25) is 0 Å². The Morgan fingerprint density at radius 1 is 0.792 bits per heavy atom. The Balaban J connectivity index is 1.61. The second kappa shape index (κ2) is 8.70. The van der Waals surface area contributed by atoms with Gasteiger partial charge in [-0.25, -0.2) is 0 Å². The van der Waals surface area contributed by atoms with Crippen LogP contribution in [0.15, 0.2) is 36.4 Å². The lowest BCUT2D eigenvalue weighted by Crippen LogP contribution is -2.05. The Kier molecular flexibility index (Phi) is 6.35. The van der Waals surface area contributed by atoms with Gasteiger partial charge in [-0.05, 0) is 72.6 Å². The molecule has 0 spiro atoms. The van der Waals surface area contributed by atoms with Crippen LogP contribution in [0, 0.1) is 11.8 Å². The molecule has 0 N–H and O–H groups in total. The first kappa shape index (κ1) is 17.5. The normalized spacial score (nSPS) is 24.4. The van der Waals surface area contributed by atoms with E-state index >= 15 is 0 Å². The van der Waals surface area contributed by atoms with E-state index < -0.39 is 0 Å². The molecule has 0 nitrogen and oxygen atoms in total. The summed E-state index contributed by atoms with van der Waals surface area (Å²) in [6, 6.07) is 9.44. The van der Waals surface area contributed by atoms with Gasteiger partial charge in [-0.3, -0.25) is 0 Å². The summed E-state index contributed by atoms with van der Waals surface area (Å²) in [4.78, 5) is 0. The van der Waals surface area contributed by atoms with Crippen LogP contribution < -0.4 is 0 Å². The molecule has 1 aromatic rings. The second-order valence-corrected chi connectivity index (χ2v) is 7.87. The Labute approximate surface area is 149 Å². The van der Waals surface area contributed by atoms with Gasteiger partial charge in [-0.1, -0.05) is 75.9 Å². The zero-order chi connectivity index (χ0) is 16.8. The molecule has 2 aliphatic rings. The lowest BCUT2D eigenvalue weighted by molar-refractivity contribution is 0.434. The van der Waals surface area contributed by atoms with Crippen LogP contribution >= 0.6 is 0 Å². The number of allylic oxidation sites excluding steroid dienone is 4. The molecular weight excluding hydrogens is 288 g/mol. The van der Waals surface area contributed by atoms with E-state index in [4.69, 9.17) is 0 Å². The Morgan fingerprint density at radius 2 is 1.33 bits per heavy atom. The van der Waals surface area contributed by atoms with E-state index in [1.807, 2.05) is 0 Å². The molecule has 2 aliphatic carbocycles. The Hall–Kier alpha value is -1.30. The minimum absolute atomic E-state index is 0.918. The highest BCUT2D eigenvalue weighted by Crippen LogP contribution is 2.35. The molecule has 130 valence electrons. The molecule has 2 atom stereocenters. The summed E-state index contributed by atoms with van der Waals surface area (Å²) in [7, 11) is 0. The molecular formula is C24H34. The maximum Gasteiger partial charge on any atom is -0.0227 e. The van der Waals surface area contributed by atoms with Crippen molar-refractivity contribution in [3.63, 3.8) is 0 Å². The fourth-order valence-electron chi connectivity index (χ4n) is 4.33. The average Bonchev–Trinajstić information content (AvgIpc) is 2.67. The predicted molar refractivity (Wildman–Crippen MR) is 107 cm³/mol. The highest BCUT2D eigenvalue weighted by Gasteiger charge is 2.16. The van der Waals surface area contributed by atoms with E-state index in [-0.39, 0.29) is 0 Å². The Bertz CT molecular complexity index is 573. The summed E-state index contributed by atoms with van der Waals surface area (Å²) in [5, 5.41) is 0. The number of unbranched alkanes of at least 4 members (excludes halogenated alkanes) is 1. The number of hydrogen-bond donors (Lipinski definition) is 0. The van der Waals surface area contributed by atoms with Gasteiger partial charge in [-0.2, -0.15) is 0 Å². The molecule has 0 aliphatic heterocycles. The van der Waals surface area contributed by atoms with Gasteiger partial charge < -0.3 is 0 Å². The van der Waals surface area contributed by atoms with Gasteiger partial charge in [0.05, 0.1) is 0 Å². The number of hydrogen-bond acceptors (Lipinski definition) is 0. The fraction of sp³-hybridized carbons (Fsp3) is 0.583. The minimum atomic E-state index is 0.918. The summed E-state index contributed by atoms with van der Waals surface area (Å²) in [5.41, 5.74) is 6.06. The first-order chi connectivity index (χ1) is 11.8. The van der Waals surface area contributed by atoms with Crippen molar-refractivity contribution < 1.29 is 0 Å². The Morgan fingerprint density at radius 3 is 1.75 bits per heavy atom. The predicted octanol–water partition coefficient (Wildman–Crippen LogP) is 7.65. The van der Waals surface area contributed by atoms with E-state index in [2.05, 4.69) is 50.3 Å². The van der Waals surface area contributed by atoms with Crippen molar-refractivity contribution in [2.24, 2.45) is 11.8 Å². The number of rotatable bonds is 6. The van der Waals surface area contributed by atoms with Gasteiger partial charge >= 0.3 is 0 Å². The van der Waals surface area contributed by atoms with Gasteiger partial charge in [0, 0.05) is 0 Å². The molecule has 3 rings (SSSR count). The van der Waals surface area contributed by atoms with Crippen molar-refractivity contribution in [3.8, 4) is 0 Å². The smallest absolute Gasteiger partial charge is 0.0227 e. The second-order valence-electron chi connectivity index (χ2n) is 7.87. The van der Waals surface area contributed by atoms with Crippen molar-refractivity contribution in [2.45, 2.75) is 78.1 Å². The standard InChI is InChI=1S/C24H34/c1-3-5-6-20-9-13-22(14-10-20)24-17-15-23(16-18-24)21-11-7-19(4-2)8-12-21/h11,13,15-20H,3-10,12,14H2,1-2H3. The first-order valence-electron chi connectivity index (χ1n) is 10.3. The highest BCUT2D eigenvalue weighted by atomic mass is 14.2. The van der Waals surface area contributed by atoms with Crippen LogP contribution in [0.2, 0.25) is 0 Å². The zero-order valence-corrected chi connectivity index (χ0v) is 15.7. The maximum absolute atomic E-state index is 2.52. The summed E-state index contributed by atoms with van der Waals surface area (Å²) < 4.78 is 0. The summed E-state index contributed by atoms with van der Waals surface area (Å²) in [6.45, 7) is 4.62. The highest BCUT2D eigenvalue weighted by molar-refractivity contribution is 5.71. The van der Waals surface area contributed by atoms with Crippen LogP contribution in [0.4, 0.5) is 0 Å². The van der Waals surface area contributed by atoms with E-state index in [0.29, 0.717) is 0 Å². The van der Waals surface area contributed by atoms with Crippen LogP contribution in [0.3, 0.4) is 0 Å². The molecule has 0 saturated carbocycles. The van der Waals surface area contributed by atoms with Crippen molar-refractivity contribution in [3.05, 3.63) is 47.5 Å². The summed E-state index contributed by atoms with van der Waals surface area (Å²) >= 11 is 0. The van der Waals surface area contributed by atoms with Gasteiger partial charge in [0.25, 0.3) is 0 Å². The quantitative estimate of drug-likeness (QED) is 0.504. The molecule has 0 bridgehead atoms. The van der Waals surface area contributed by atoms with Crippen molar-refractivity contribution >= 4 is 11.1 Å². The SMILES string of the molecule is CCCCC1CC=C(c2ccc(C3=CCC(CC)CC3)cc2)CC1. The van der Waals surface area contributed by atoms with E-state index in [9.17, 15) is 0 Å². The van der Waals surface area contributed by atoms with Crippen LogP contribution in [-0.2, 0) is 0 Å². The summed E-state index contributed by atoms with van der Waals surface area (Å²) in [5.74, 6) is 1.85. The number of benzene rings is 1. The molecule has 0 amide bonds. The zero-order valence-electron chi connectivity index (χ0n) is 15.7. The minimum Gasteiger partial charge on any atom is -0.0804 e. The lowest BCUT2D eigenvalue weighted by Gasteiger charge is -2.23. The molecule has 0 heterocycles. The van der Waals surface area contributed by atoms with Crippen molar-refractivity contribution in [1.29, 1.82) is 0 Å². The third-order valence-corrected chi connectivity index (χ3v) is 6.21. The molecule has 0 radical (unpaired) electrons. The first-order valence-corrected chi connectivity index (χ1v) is 10.3. The van der Waals surface area contributed by atoms with Crippen LogP contribution in [0.1, 0.15) is 89.2 Å². The third kappa shape index (κ3) is 4.41. The fourth-order valence-corrected chi connectivity index (χ4v) is 4.33. The average molecular weight is 323 g/mol. The monoisotopic (exact) mass is 322 g/mol. The van der Waals surface area contributed by atoms with Crippen LogP contribution in [-0.4, -0.2) is 0 Å². The lowest BCUT2D eigenvalue weighted by atomic mass is 9.83. The third-order valence-electron chi connectivity index (χ3n) is 6.21. The van der Waals surface area contributed by atoms with Crippen LogP contribution in [0.5, 0.6) is 0 Å². The molecule has 24 heavy (non-hydrogen) atoms. The molecule has 1 aromatic carbocycles. The molecule has 0 fully saturated rings. The molecule has 0 saturated heterocycles. The summed E-state index contributed by atoms with van der Waals surface area (Å²) in [6.07, 6.45) is 18.4. The molecule has 0 aromatic heterocycles. The van der Waals surface area contributed by atoms with Gasteiger partial charge in [-0.15, -0.1) is 0 Å². The van der Waals surface area contributed by atoms with Crippen LogP contribution in [0.25, 0.3) is 11.1 Å². The van der Waals surface area contributed by atoms with Crippen molar-refractivity contribution in [1.82, 2.24) is 0 Å².